The van der Waals surface area contributed by atoms with Gasteiger partial charge in [-0.05, 0) is 60.6 Å². The first-order valence-corrected chi connectivity index (χ1v) is 13.3. The topological polar surface area (TPSA) is 134 Å². The van der Waals surface area contributed by atoms with Gasteiger partial charge in [-0.15, -0.1) is 0 Å². The number of amides is 2. The van der Waals surface area contributed by atoms with E-state index in [1.165, 1.54) is 15.8 Å². The van der Waals surface area contributed by atoms with Crippen LogP contribution in [0.25, 0.3) is 11.1 Å². The van der Waals surface area contributed by atoms with Gasteiger partial charge in [0.25, 0.3) is 17.4 Å². The Hall–Kier alpha value is -4.38. The highest BCUT2D eigenvalue weighted by Crippen LogP contribution is 2.40. The number of nitrogens with one attached hydrogen (secondary N) is 1. The lowest BCUT2D eigenvalue weighted by atomic mass is 9.90. The van der Waals surface area contributed by atoms with E-state index in [1.807, 2.05) is 6.07 Å². The smallest absolute Gasteiger partial charge is 0.276 e. The van der Waals surface area contributed by atoms with Crippen molar-refractivity contribution in [3.63, 3.8) is 0 Å². The summed E-state index contributed by atoms with van der Waals surface area (Å²) in [6, 6.07) is 4.50. The number of aliphatic hydroxyl groups excluding tert-OH is 1. The number of allylic oxidation sites excluding steroid dienone is 1. The average Bonchev–Trinajstić information content (AvgIpc) is 3.58. The second-order valence-electron chi connectivity index (χ2n) is 11.5. The molecule has 206 valence electrons. The molecule has 2 N–H and O–H groups in total. The predicted octanol–water partition coefficient (Wildman–Crippen LogP) is 3.20. The van der Waals surface area contributed by atoms with Crippen molar-refractivity contribution in [3.05, 3.63) is 75.2 Å². The average molecular weight is 542 g/mol. The third kappa shape index (κ3) is 4.26. The van der Waals surface area contributed by atoms with Crippen LogP contribution >= 0.6 is 0 Å². The molecule has 3 aromatic rings. The van der Waals surface area contributed by atoms with Crippen molar-refractivity contribution >= 4 is 23.3 Å². The molecule has 1 unspecified atom stereocenters. The molecule has 5 heterocycles. The number of azo groups is 1. The van der Waals surface area contributed by atoms with Crippen molar-refractivity contribution < 1.29 is 14.7 Å². The normalized spacial score (nSPS) is 19.0. The van der Waals surface area contributed by atoms with Crippen LogP contribution in [0.4, 0.5) is 11.5 Å². The first kappa shape index (κ1) is 25.9. The summed E-state index contributed by atoms with van der Waals surface area (Å²) < 4.78 is 3.50. The number of anilines is 2. The summed E-state index contributed by atoms with van der Waals surface area (Å²) in [7, 11) is 1.59. The first-order chi connectivity index (χ1) is 19.1. The molecule has 11 heteroatoms. The quantitative estimate of drug-likeness (QED) is 0.512. The fraction of sp³-hybridized carbons (Fsp3) is 0.379. The number of carbonyl (C=O) groups is 2. The van der Waals surface area contributed by atoms with E-state index in [2.05, 4.69) is 38.9 Å². The first-order valence-electron chi connectivity index (χ1n) is 13.3. The Morgan fingerprint density at radius 2 is 2.00 bits per heavy atom. The summed E-state index contributed by atoms with van der Waals surface area (Å²) in [6.45, 7) is 6.93. The number of hydrogen-bond acceptors (Lipinski definition) is 7. The minimum absolute atomic E-state index is 0.0738. The van der Waals surface area contributed by atoms with Crippen LogP contribution in [0.3, 0.4) is 0 Å². The van der Waals surface area contributed by atoms with Gasteiger partial charge in [-0.2, -0.15) is 10.2 Å². The molecule has 2 aliphatic heterocycles. The number of nitrogens with zero attached hydrogens (tertiary/aromatic N) is 6. The third-order valence-electron chi connectivity index (χ3n) is 7.83. The molecule has 11 nitrogen and oxygen atoms in total. The Kier molecular flexibility index (Phi) is 6.06. The lowest BCUT2D eigenvalue weighted by molar-refractivity contribution is -0.116. The number of fused-ring (bicyclic) bond motifs is 3. The summed E-state index contributed by atoms with van der Waals surface area (Å²) in [6.07, 6.45) is 6.71. The summed E-state index contributed by atoms with van der Waals surface area (Å²) in [4.78, 5) is 45.4. The highest BCUT2D eigenvalue weighted by atomic mass is 16.3. The second kappa shape index (κ2) is 9.37. The zero-order valence-electron chi connectivity index (χ0n) is 22.9. The summed E-state index contributed by atoms with van der Waals surface area (Å²) >= 11 is 0. The van der Waals surface area contributed by atoms with Gasteiger partial charge < -0.3 is 19.6 Å². The number of pyridine rings is 2. The van der Waals surface area contributed by atoms with Crippen LogP contribution in [0, 0.1) is 5.41 Å². The van der Waals surface area contributed by atoms with Crippen LogP contribution in [0.2, 0.25) is 0 Å². The zero-order chi connectivity index (χ0) is 28.3. The van der Waals surface area contributed by atoms with Crippen LogP contribution in [0.1, 0.15) is 48.1 Å². The van der Waals surface area contributed by atoms with E-state index >= 15 is 0 Å². The molecule has 0 spiro atoms. The van der Waals surface area contributed by atoms with Gasteiger partial charge in [0.05, 0.1) is 12.3 Å². The molecular weight excluding hydrogens is 510 g/mol. The highest BCUT2D eigenvalue weighted by molar-refractivity contribution is 6.06. The molecule has 0 saturated carbocycles. The lowest BCUT2D eigenvalue weighted by Gasteiger charge is -2.31. The molecule has 6 rings (SSSR count). The van der Waals surface area contributed by atoms with Crippen LogP contribution in [-0.2, 0) is 37.8 Å². The summed E-state index contributed by atoms with van der Waals surface area (Å²) in [5, 5.41) is 20.9. The number of aryl methyl sites for hydroxylation is 1. The van der Waals surface area contributed by atoms with Gasteiger partial charge >= 0.3 is 0 Å². The van der Waals surface area contributed by atoms with Crippen LogP contribution in [0.15, 0.2) is 57.4 Å². The predicted molar refractivity (Wildman–Crippen MR) is 149 cm³/mol. The minimum Gasteiger partial charge on any atom is -0.392 e. The van der Waals surface area contributed by atoms with Gasteiger partial charge in [0.2, 0.25) is 0 Å². The van der Waals surface area contributed by atoms with E-state index in [1.54, 1.807) is 49.5 Å². The van der Waals surface area contributed by atoms with Crippen molar-refractivity contribution in [1.82, 2.24) is 14.1 Å². The van der Waals surface area contributed by atoms with Crippen LogP contribution in [0.5, 0.6) is 0 Å². The van der Waals surface area contributed by atoms with Crippen molar-refractivity contribution in [2.24, 2.45) is 22.7 Å². The van der Waals surface area contributed by atoms with Crippen LogP contribution < -0.4 is 15.8 Å². The molecule has 1 aliphatic carbocycles. The van der Waals surface area contributed by atoms with E-state index < -0.39 is 17.5 Å². The SMILES string of the molecule is CC1=CC(C(=O)Nc2cc(-c3ccnc(N4CCn5c(cc6c5CC(C)(C)C6)C4=O)c3CO)cn(C)c2=O)N=N1. The molecule has 40 heavy (non-hydrogen) atoms. The minimum atomic E-state index is -0.801. The number of carbonyl (C=O) groups excluding carboxylic acids is 2. The van der Waals surface area contributed by atoms with Gasteiger partial charge in [-0.3, -0.25) is 19.3 Å². The van der Waals surface area contributed by atoms with E-state index in [9.17, 15) is 19.5 Å². The molecule has 3 aliphatic rings. The Bertz CT molecular complexity index is 1690. The van der Waals surface area contributed by atoms with Crippen LogP contribution in [-0.4, -0.2) is 43.6 Å². The van der Waals surface area contributed by atoms with Gasteiger partial charge in [0, 0.05) is 49.4 Å². The molecule has 0 saturated heterocycles. The second-order valence-corrected chi connectivity index (χ2v) is 11.5. The van der Waals surface area contributed by atoms with Gasteiger partial charge in [0.15, 0.2) is 6.04 Å². The Balaban J connectivity index is 1.35. The van der Waals surface area contributed by atoms with Gasteiger partial charge in [0.1, 0.15) is 17.2 Å². The van der Waals surface area contributed by atoms with E-state index in [0.29, 0.717) is 47.0 Å². The molecular formula is C29H31N7O4. The fourth-order valence-corrected chi connectivity index (χ4v) is 5.99. The van der Waals surface area contributed by atoms with Gasteiger partial charge in [-0.1, -0.05) is 13.8 Å². The third-order valence-corrected chi connectivity index (χ3v) is 7.83. The van der Waals surface area contributed by atoms with Gasteiger partial charge in [-0.25, -0.2) is 4.98 Å². The van der Waals surface area contributed by atoms with Crippen molar-refractivity contribution in [3.8, 4) is 11.1 Å². The molecule has 2 amide bonds. The molecule has 1 atom stereocenters. The molecule has 0 radical (unpaired) electrons. The number of hydrogen-bond donors (Lipinski definition) is 2. The maximum absolute atomic E-state index is 13.7. The van der Waals surface area contributed by atoms with Crippen molar-refractivity contribution in [2.75, 3.05) is 16.8 Å². The molecule has 0 fully saturated rings. The Morgan fingerprint density at radius 1 is 1.20 bits per heavy atom. The molecule has 0 aromatic carbocycles. The van der Waals surface area contributed by atoms with Crippen molar-refractivity contribution in [1.29, 1.82) is 0 Å². The highest BCUT2D eigenvalue weighted by Gasteiger charge is 2.37. The summed E-state index contributed by atoms with van der Waals surface area (Å²) in [5.41, 5.74) is 5.26. The monoisotopic (exact) mass is 541 g/mol. The van der Waals surface area contributed by atoms with E-state index in [4.69, 9.17) is 0 Å². The molecule has 0 bridgehead atoms. The maximum atomic E-state index is 13.7. The Morgan fingerprint density at radius 3 is 2.73 bits per heavy atom. The largest absolute Gasteiger partial charge is 0.392 e. The number of rotatable bonds is 5. The zero-order valence-corrected chi connectivity index (χ0v) is 22.9. The summed E-state index contributed by atoms with van der Waals surface area (Å²) in [5.74, 6) is -0.241. The fourth-order valence-electron chi connectivity index (χ4n) is 5.99. The van der Waals surface area contributed by atoms with E-state index in [-0.39, 0.29) is 23.6 Å². The maximum Gasteiger partial charge on any atom is 0.276 e. The van der Waals surface area contributed by atoms with E-state index in [0.717, 1.165) is 12.8 Å². The Labute approximate surface area is 230 Å². The standard InChI is InChI=1S/C29H31N7O4/c1-16-9-21(33-32-16)26(38)31-22-10-18(14-34(4)27(22)39)19-5-6-30-25(20(19)15-37)36-8-7-35-23(28(36)40)11-17-12-29(2,3)13-24(17)35/h5-6,9-11,14,21,37H,7-8,12-13,15H2,1-4H3,(H,31,38). The lowest BCUT2D eigenvalue weighted by Crippen LogP contribution is -2.41. The number of aliphatic hydroxyl groups is 1. The number of aromatic nitrogens is 3. The molecule has 3 aromatic heterocycles. The van der Waals surface area contributed by atoms with Crippen molar-refractivity contribution in [2.45, 2.75) is 52.8 Å².